The molecule has 1 aliphatic carbocycles. The van der Waals surface area contributed by atoms with Crippen molar-refractivity contribution in [2.24, 2.45) is 0 Å². The van der Waals surface area contributed by atoms with Crippen LogP contribution in [0.4, 0.5) is 5.95 Å². The Hall–Kier alpha value is -2.31. The molecule has 1 atom stereocenters. The van der Waals surface area contributed by atoms with Gasteiger partial charge in [-0.25, -0.2) is 15.0 Å². The number of thiazole rings is 1. The monoisotopic (exact) mass is 351 g/mol. The smallest absolute Gasteiger partial charge is 0.223 e. The molecule has 3 aromatic rings. The van der Waals surface area contributed by atoms with Crippen LogP contribution in [0.5, 0.6) is 0 Å². The molecule has 0 fully saturated rings. The highest BCUT2D eigenvalue weighted by molar-refractivity contribution is 7.09. The average Bonchev–Trinajstić information content (AvgIpc) is 3.19. The molecular formula is C19H21N5S. The molecule has 2 heterocycles. The lowest BCUT2D eigenvalue weighted by atomic mass is 9.93. The lowest BCUT2D eigenvalue weighted by molar-refractivity contribution is 0.452. The van der Waals surface area contributed by atoms with E-state index in [4.69, 9.17) is 4.98 Å². The van der Waals surface area contributed by atoms with E-state index < -0.39 is 0 Å². The van der Waals surface area contributed by atoms with Crippen molar-refractivity contribution in [3.05, 3.63) is 69.9 Å². The molecule has 128 valence electrons. The molecular weight excluding hydrogens is 330 g/mol. The first kappa shape index (κ1) is 16.2. The Morgan fingerprint density at radius 2 is 2.04 bits per heavy atom. The van der Waals surface area contributed by atoms with E-state index in [2.05, 4.69) is 32.7 Å². The Kier molecular flexibility index (Phi) is 4.99. The molecule has 0 radical (unpaired) electrons. The third-order valence-corrected chi connectivity index (χ3v) is 5.25. The van der Waals surface area contributed by atoms with Crippen molar-refractivity contribution in [1.82, 2.24) is 20.3 Å². The van der Waals surface area contributed by atoms with E-state index in [9.17, 15) is 0 Å². The number of hydrogen-bond donors (Lipinski definition) is 2. The summed E-state index contributed by atoms with van der Waals surface area (Å²) in [6.07, 6.45) is 6.92. The van der Waals surface area contributed by atoms with Crippen LogP contribution in [-0.4, -0.2) is 21.0 Å². The number of aromatic nitrogens is 3. The number of hydrogen-bond acceptors (Lipinski definition) is 6. The van der Waals surface area contributed by atoms with Crippen LogP contribution in [0.3, 0.4) is 0 Å². The molecule has 0 amide bonds. The SMILES string of the molecule is c1ccc(CNc2ncc3c(n2)CC[C@H](NCc2nccs2)C3)cc1. The summed E-state index contributed by atoms with van der Waals surface area (Å²) in [4.78, 5) is 13.5. The van der Waals surface area contributed by atoms with Crippen molar-refractivity contribution in [1.29, 1.82) is 0 Å². The predicted octanol–water partition coefficient (Wildman–Crippen LogP) is 3.19. The molecule has 0 spiro atoms. The zero-order chi connectivity index (χ0) is 16.9. The van der Waals surface area contributed by atoms with Crippen LogP contribution in [0.1, 0.15) is 28.2 Å². The molecule has 0 saturated heterocycles. The summed E-state index contributed by atoms with van der Waals surface area (Å²) in [5.74, 6) is 0.719. The van der Waals surface area contributed by atoms with E-state index >= 15 is 0 Å². The van der Waals surface area contributed by atoms with Gasteiger partial charge in [0.1, 0.15) is 5.01 Å². The molecule has 0 saturated carbocycles. The zero-order valence-corrected chi connectivity index (χ0v) is 14.8. The van der Waals surface area contributed by atoms with E-state index in [0.717, 1.165) is 43.3 Å². The van der Waals surface area contributed by atoms with Crippen molar-refractivity contribution < 1.29 is 0 Å². The van der Waals surface area contributed by atoms with E-state index in [-0.39, 0.29) is 0 Å². The van der Waals surface area contributed by atoms with Gasteiger partial charge < -0.3 is 10.6 Å². The highest BCUT2D eigenvalue weighted by Crippen LogP contribution is 2.21. The Morgan fingerprint density at radius 1 is 1.12 bits per heavy atom. The third kappa shape index (κ3) is 4.21. The largest absolute Gasteiger partial charge is 0.350 e. The van der Waals surface area contributed by atoms with Gasteiger partial charge in [-0.15, -0.1) is 11.3 Å². The Morgan fingerprint density at radius 3 is 2.88 bits per heavy atom. The van der Waals surface area contributed by atoms with E-state index in [1.54, 1.807) is 11.3 Å². The molecule has 5 nitrogen and oxygen atoms in total. The quantitative estimate of drug-likeness (QED) is 0.714. The Bertz CT molecular complexity index is 804. The van der Waals surface area contributed by atoms with Crippen molar-refractivity contribution in [2.45, 2.75) is 38.4 Å². The molecule has 1 aromatic carbocycles. The minimum atomic E-state index is 0.475. The van der Waals surface area contributed by atoms with Crippen LogP contribution < -0.4 is 10.6 Å². The van der Waals surface area contributed by atoms with Gasteiger partial charge in [0, 0.05) is 42.6 Å². The van der Waals surface area contributed by atoms with Gasteiger partial charge in [-0.2, -0.15) is 0 Å². The Labute approximate surface area is 151 Å². The first-order valence-electron chi connectivity index (χ1n) is 8.61. The van der Waals surface area contributed by atoms with Gasteiger partial charge in [0.2, 0.25) is 5.95 Å². The van der Waals surface area contributed by atoms with Crippen molar-refractivity contribution in [2.75, 3.05) is 5.32 Å². The zero-order valence-electron chi connectivity index (χ0n) is 14.0. The summed E-state index contributed by atoms with van der Waals surface area (Å²) < 4.78 is 0. The number of nitrogens with one attached hydrogen (secondary N) is 2. The number of nitrogens with zero attached hydrogens (tertiary/aromatic N) is 3. The lowest BCUT2D eigenvalue weighted by Crippen LogP contribution is -2.34. The average molecular weight is 351 g/mol. The molecule has 2 N–H and O–H groups in total. The van der Waals surface area contributed by atoms with E-state index in [0.29, 0.717) is 6.04 Å². The van der Waals surface area contributed by atoms with E-state index in [1.165, 1.54) is 16.8 Å². The molecule has 0 unspecified atom stereocenters. The maximum absolute atomic E-state index is 4.71. The highest BCUT2D eigenvalue weighted by atomic mass is 32.1. The van der Waals surface area contributed by atoms with Crippen LogP contribution >= 0.6 is 11.3 Å². The fourth-order valence-electron chi connectivity index (χ4n) is 3.12. The second kappa shape index (κ2) is 7.72. The van der Waals surface area contributed by atoms with Crippen molar-refractivity contribution in [3.63, 3.8) is 0 Å². The maximum Gasteiger partial charge on any atom is 0.223 e. The topological polar surface area (TPSA) is 62.7 Å². The Balaban J connectivity index is 1.34. The fourth-order valence-corrected chi connectivity index (χ4v) is 3.68. The summed E-state index contributed by atoms with van der Waals surface area (Å²) in [5.41, 5.74) is 3.67. The number of anilines is 1. The van der Waals surface area contributed by atoms with Gasteiger partial charge in [0.05, 0.1) is 0 Å². The number of rotatable bonds is 6. The summed E-state index contributed by atoms with van der Waals surface area (Å²) in [6.45, 7) is 1.59. The third-order valence-electron chi connectivity index (χ3n) is 4.47. The van der Waals surface area contributed by atoms with Gasteiger partial charge in [-0.3, -0.25) is 0 Å². The van der Waals surface area contributed by atoms with Crippen LogP contribution in [0.25, 0.3) is 0 Å². The van der Waals surface area contributed by atoms with Crippen molar-refractivity contribution in [3.8, 4) is 0 Å². The maximum atomic E-state index is 4.71. The molecule has 6 heteroatoms. The molecule has 4 rings (SSSR count). The van der Waals surface area contributed by atoms with Gasteiger partial charge in [0.15, 0.2) is 0 Å². The second-order valence-electron chi connectivity index (χ2n) is 6.25. The van der Waals surface area contributed by atoms with Gasteiger partial charge in [-0.1, -0.05) is 30.3 Å². The van der Waals surface area contributed by atoms with E-state index in [1.807, 2.05) is 36.0 Å². The standard InChI is InChI=1S/C19H21N5S/c1-2-4-14(5-3-1)11-22-19-23-12-15-10-16(6-7-17(15)24-19)21-13-18-20-8-9-25-18/h1-5,8-9,12,16,21H,6-7,10-11,13H2,(H,22,23,24)/t16-/m0/s1. The fraction of sp³-hybridized carbons (Fsp3) is 0.316. The molecule has 2 aromatic heterocycles. The molecule has 1 aliphatic rings. The number of benzene rings is 1. The van der Waals surface area contributed by atoms with Gasteiger partial charge in [-0.05, 0) is 30.4 Å². The molecule has 0 bridgehead atoms. The predicted molar refractivity (Wildman–Crippen MR) is 101 cm³/mol. The normalized spacial score (nSPS) is 16.4. The minimum Gasteiger partial charge on any atom is -0.350 e. The molecule has 25 heavy (non-hydrogen) atoms. The second-order valence-corrected chi connectivity index (χ2v) is 7.23. The first-order chi connectivity index (χ1) is 12.4. The summed E-state index contributed by atoms with van der Waals surface area (Å²) in [5, 5.41) is 10.1. The highest BCUT2D eigenvalue weighted by Gasteiger charge is 2.20. The molecule has 0 aliphatic heterocycles. The summed E-state index contributed by atoms with van der Waals surface area (Å²) in [7, 11) is 0. The minimum absolute atomic E-state index is 0.475. The van der Waals surface area contributed by atoms with Crippen molar-refractivity contribution >= 4 is 17.3 Å². The van der Waals surface area contributed by atoms with Gasteiger partial charge >= 0.3 is 0 Å². The number of aryl methyl sites for hydroxylation is 1. The van der Waals surface area contributed by atoms with Crippen LogP contribution in [-0.2, 0) is 25.9 Å². The lowest BCUT2D eigenvalue weighted by Gasteiger charge is -2.24. The first-order valence-corrected chi connectivity index (χ1v) is 9.49. The van der Waals surface area contributed by atoms with Crippen LogP contribution in [0.15, 0.2) is 48.1 Å². The van der Waals surface area contributed by atoms with Crippen LogP contribution in [0, 0.1) is 0 Å². The van der Waals surface area contributed by atoms with Gasteiger partial charge in [0.25, 0.3) is 0 Å². The number of fused-ring (bicyclic) bond motifs is 1. The summed E-state index contributed by atoms with van der Waals surface area (Å²) in [6, 6.07) is 10.8. The van der Waals surface area contributed by atoms with Crippen LogP contribution in [0.2, 0.25) is 0 Å². The summed E-state index contributed by atoms with van der Waals surface area (Å²) >= 11 is 1.70.